The summed E-state index contributed by atoms with van der Waals surface area (Å²) in [5, 5.41) is 8.82. The number of nitrogens with zero attached hydrogens (tertiary/aromatic N) is 2. The molecule has 8 heteroatoms. The SMILES string of the molecule is CCN(CC(F)(F)F)C(=O)c1ccc(C(=O)O)c(C)n1. The summed E-state index contributed by atoms with van der Waals surface area (Å²) in [5.41, 5.74) is -0.231. The van der Waals surface area contributed by atoms with E-state index in [4.69, 9.17) is 5.11 Å². The topological polar surface area (TPSA) is 70.5 Å². The third-order valence-corrected chi connectivity index (χ3v) is 2.57. The van der Waals surface area contributed by atoms with E-state index < -0.39 is 24.6 Å². The molecule has 1 rings (SSSR count). The molecule has 1 N–H and O–H groups in total. The highest BCUT2D eigenvalue weighted by molar-refractivity contribution is 5.94. The Kier molecular flexibility index (Phi) is 4.69. The van der Waals surface area contributed by atoms with Gasteiger partial charge in [-0.15, -0.1) is 0 Å². The number of aromatic carboxylic acids is 1. The molecule has 5 nitrogen and oxygen atoms in total. The monoisotopic (exact) mass is 290 g/mol. The first-order chi connectivity index (χ1) is 9.15. The highest BCUT2D eigenvalue weighted by atomic mass is 19.4. The minimum absolute atomic E-state index is 0.0754. The maximum Gasteiger partial charge on any atom is 0.406 e. The molecular weight excluding hydrogens is 277 g/mol. The van der Waals surface area contributed by atoms with Crippen molar-refractivity contribution in [2.45, 2.75) is 20.0 Å². The molecule has 0 atom stereocenters. The van der Waals surface area contributed by atoms with Gasteiger partial charge in [-0.25, -0.2) is 9.78 Å². The van der Waals surface area contributed by atoms with Crippen LogP contribution in [0.3, 0.4) is 0 Å². The molecule has 0 unspecified atom stereocenters. The molecule has 0 aromatic carbocycles. The molecule has 0 bridgehead atoms. The fraction of sp³-hybridized carbons (Fsp3) is 0.417. The van der Waals surface area contributed by atoms with Crippen LogP contribution in [0.15, 0.2) is 12.1 Å². The predicted molar refractivity (Wildman–Crippen MR) is 63.6 cm³/mol. The number of hydrogen-bond donors (Lipinski definition) is 1. The molecule has 0 fully saturated rings. The van der Waals surface area contributed by atoms with E-state index in [1.54, 1.807) is 0 Å². The van der Waals surface area contributed by atoms with Crippen LogP contribution < -0.4 is 0 Å². The summed E-state index contributed by atoms with van der Waals surface area (Å²) in [7, 11) is 0. The number of hydrogen-bond acceptors (Lipinski definition) is 3. The third-order valence-electron chi connectivity index (χ3n) is 2.57. The molecule has 0 aliphatic rings. The summed E-state index contributed by atoms with van der Waals surface area (Å²) in [4.78, 5) is 27.1. The molecule has 0 saturated carbocycles. The number of carbonyl (C=O) groups is 2. The molecule has 20 heavy (non-hydrogen) atoms. The Morgan fingerprint density at radius 1 is 1.35 bits per heavy atom. The van der Waals surface area contributed by atoms with Crippen LogP contribution in [0.4, 0.5) is 13.2 Å². The van der Waals surface area contributed by atoms with Gasteiger partial charge in [0.1, 0.15) is 12.2 Å². The van der Waals surface area contributed by atoms with Gasteiger partial charge in [0, 0.05) is 6.54 Å². The number of carboxylic acids is 1. The van der Waals surface area contributed by atoms with Crippen molar-refractivity contribution in [3.8, 4) is 0 Å². The van der Waals surface area contributed by atoms with Crippen LogP contribution in [0.5, 0.6) is 0 Å². The summed E-state index contributed by atoms with van der Waals surface area (Å²) in [6.07, 6.45) is -4.50. The molecule has 1 aromatic rings. The van der Waals surface area contributed by atoms with Crippen molar-refractivity contribution in [3.63, 3.8) is 0 Å². The van der Waals surface area contributed by atoms with Crippen molar-refractivity contribution in [1.29, 1.82) is 0 Å². The molecule has 0 spiro atoms. The lowest BCUT2D eigenvalue weighted by Gasteiger charge is -2.22. The lowest BCUT2D eigenvalue weighted by atomic mass is 10.2. The molecular formula is C12H13F3N2O3. The minimum Gasteiger partial charge on any atom is -0.478 e. The number of carbonyl (C=O) groups excluding carboxylic acids is 1. The Balaban J connectivity index is 3.02. The van der Waals surface area contributed by atoms with E-state index in [-0.39, 0.29) is 23.5 Å². The number of halogens is 3. The molecule has 0 aliphatic heterocycles. The van der Waals surface area contributed by atoms with Crippen molar-refractivity contribution >= 4 is 11.9 Å². The van der Waals surface area contributed by atoms with Gasteiger partial charge in [0.15, 0.2) is 0 Å². The molecule has 110 valence electrons. The Hall–Kier alpha value is -2.12. The van der Waals surface area contributed by atoms with E-state index in [0.29, 0.717) is 4.90 Å². The van der Waals surface area contributed by atoms with Gasteiger partial charge in [-0.2, -0.15) is 13.2 Å². The van der Waals surface area contributed by atoms with E-state index >= 15 is 0 Å². The van der Waals surface area contributed by atoms with E-state index in [1.807, 2.05) is 0 Å². The Morgan fingerprint density at radius 2 is 1.95 bits per heavy atom. The van der Waals surface area contributed by atoms with Crippen LogP contribution in [0, 0.1) is 6.92 Å². The Morgan fingerprint density at radius 3 is 2.35 bits per heavy atom. The standard InChI is InChI=1S/C12H13F3N2O3/c1-3-17(6-12(13,14)15)10(18)9-5-4-8(11(19)20)7(2)16-9/h4-5H,3,6H2,1-2H3,(H,19,20). The van der Waals surface area contributed by atoms with E-state index in [1.165, 1.54) is 13.8 Å². The summed E-state index contributed by atoms with van der Waals surface area (Å²) < 4.78 is 37.0. The van der Waals surface area contributed by atoms with Gasteiger partial charge in [0.05, 0.1) is 11.3 Å². The van der Waals surface area contributed by atoms with Gasteiger partial charge in [0.25, 0.3) is 5.91 Å². The second-order valence-electron chi connectivity index (χ2n) is 4.07. The number of aromatic nitrogens is 1. The number of rotatable bonds is 4. The van der Waals surface area contributed by atoms with Crippen molar-refractivity contribution < 1.29 is 27.9 Å². The predicted octanol–water partition coefficient (Wildman–Crippen LogP) is 2.11. The largest absolute Gasteiger partial charge is 0.478 e. The summed E-state index contributed by atoms with van der Waals surface area (Å²) in [5.74, 6) is -2.10. The van der Waals surface area contributed by atoms with E-state index in [9.17, 15) is 22.8 Å². The number of amides is 1. The van der Waals surface area contributed by atoms with Gasteiger partial charge in [0.2, 0.25) is 0 Å². The van der Waals surface area contributed by atoms with Crippen molar-refractivity contribution in [3.05, 3.63) is 29.1 Å². The molecule has 0 aliphatic carbocycles. The summed E-state index contributed by atoms with van der Waals surface area (Å²) in [6.45, 7) is 1.30. The Bertz CT molecular complexity index is 529. The zero-order valence-electron chi connectivity index (χ0n) is 10.9. The average Bonchev–Trinajstić information content (AvgIpc) is 2.33. The van der Waals surface area contributed by atoms with E-state index in [2.05, 4.69) is 4.98 Å². The molecule has 0 saturated heterocycles. The first kappa shape index (κ1) is 15.9. The number of carboxylic acid groups (broad SMARTS) is 1. The van der Waals surface area contributed by atoms with Crippen LogP contribution in [-0.4, -0.2) is 46.1 Å². The quantitative estimate of drug-likeness (QED) is 0.922. The molecule has 1 aromatic heterocycles. The molecule has 0 radical (unpaired) electrons. The number of aryl methyl sites for hydroxylation is 1. The summed E-state index contributed by atoms with van der Waals surface area (Å²) in [6, 6.07) is 2.26. The van der Waals surface area contributed by atoms with Crippen molar-refractivity contribution in [2.24, 2.45) is 0 Å². The fourth-order valence-corrected chi connectivity index (χ4v) is 1.61. The maximum absolute atomic E-state index is 12.3. The van der Waals surface area contributed by atoms with Crippen LogP contribution in [0.25, 0.3) is 0 Å². The minimum atomic E-state index is -4.50. The lowest BCUT2D eigenvalue weighted by Crippen LogP contribution is -2.39. The summed E-state index contributed by atoms with van der Waals surface area (Å²) >= 11 is 0. The zero-order chi connectivity index (χ0) is 15.5. The number of pyridine rings is 1. The van der Waals surface area contributed by atoms with Gasteiger partial charge < -0.3 is 10.0 Å². The van der Waals surface area contributed by atoms with Crippen molar-refractivity contribution in [2.75, 3.05) is 13.1 Å². The van der Waals surface area contributed by atoms with Crippen LogP contribution in [-0.2, 0) is 0 Å². The second kappa shape index (κ2) is 5.89. The molecule has 1 amide bonds. The van der Waals surface area contributed by atoms with Crippen LogP contribution in [0.1, 0.15) is 33.5 Å². The highest BCUT2D eigenvalue weighted by Gasteiger charge is 2.33. The van der Waals surface area contributed by atoms with Gasteiger partial charge in [-0.05, 0) is 26.0 Å². The van der Waals surface area contributed by atoms with E-state index in [0.717, 1.165) is 12.1 Å². The van der Waals surface area contributed by atoms with Crippen LogP contribution in [0.2, 0.25) is 0 Å². The Labute approximate surface area is 113 Å². The average molecular weight is 290 g/mol. The van der Waals surface area contributed by atoms with Gasteiger partial charge >= 0.3 is 12.1 Å². The normalized spacial score (nSPS) is 11.2. The van der Waals surface area contributed by atoms with Gasteiger partial charge in [-0.3, -0.25) is 4.79 Å². The number of alkyl halides is 3. The zero-order valence-corrected chi connectivity index (χ0v) is 10.9. The first-order valence-corrected chi connectivity index (χ1v) is 5.72. The third kappa shape index (κ3) is 3.94. The first-order valence-electron chi connectivity index (χ1n) is 5.72. The molecule has 1 heterocycles. The fourth-order valence-electron chi connectivity index (χ4n) is 1.61. The van der Waals surface area contributed by atoms with Crippen LogP contribution >= 0.6 is 0 Å². The highest BCUT2D eigenvalue weighted by Crippen LogP contribution is 2.18. The smallest absolute Gasteiger partial charge is 0.406 e. The lowest BCUT2D eigenvalue weighted by molar-refractivity contribution is -0.140. The maximum atomic E-state index is 12.3. The second-order valence-corrected chi connectivity index (χ2v) is 4.07. The van der Waals surface area contributed by atoms with Gasteiger partial charge in [-0.1, -0.05) is 0 Å². The van der Waals surface area contributed by atoms with Crippen molar-refractivity contribution in [1.82, 2.24) is 9.88 Å².